The van der Waals surface area contributed by atoms with Crippen molar-refractivity contribution >= 4 is 37.3 Å². The Balaban J connectivity index is 2.63. The molecule has 1 rings (SSSR count). The van der Waals surface area contributed by atoms with Gasteiger partial charge in [0.1, 0.15) is 4.21 Å². The van der Waals surface area contributed by atoms with Crippen molar-refractivity contribution in [2.75, 3.05) is 6.54 Å². The summed E-state index contributed by atoms with van der Waals surface area (Å²) in [6.45, 7) is 3.96. The fourth-order valence-electron chi connectivity index (χ4n) is 1.20. The summed E-state index contributed by atoms with van der Waals surface area (Å²) in [5, 5.41) is 9.33. The lowest BCUT2D eigenvalue weighted by Crippen LogP contribution is -2.26. The molecule has 0 saturated heterocycles. The van der Waals surface area contributed by atoms with E-state index in [1.807, 2.05) is 13.8 Å². The molecule has 1 atom stereocenters. The van der Waals surface area contributed by atoms with Gasteiger partial charge < -0.3 is 5.11 Å². The van der Waals surface area contributed by atoms with Crippen LogP contribution in [0.3, 0.4) is 0 Å². The highest BCUT2D eigenvalue weighted by Gasteiger charge is 2.17. The lowest BCUT2D eigenvalue weighted by Gasteiger charge is -2.08. The first kappa shape index (κ1) is 15.1. The van der Waals surface area contributed by atoms with Crippen LogP contribution in [-0.4, -0.2) is 26.2 Å². The molecule has 0 aliphatic heterocycles. The van der Waals surface area contributed by atoms with E-state index in [-0.39, 0.29) is 6.54 Å². The van der Waals surface area contributed by atoms with E-state index in [2.05, 4.69) is 20.7 Å². The van der Waals surface area contributed by atoms with Gasteiger partial charge in [0.15, 0.2) is 0 Å². The predicted octanol–water partition coefficient (Wildman–Crippen LogP) is 2.26. The van der Waals surface area contributed by atoms with Crippen molar-refractivity contribution in [1.82, 2.24) is 4.72 Å². The van der Waals surface area contributed by atoms with Crippen molar-refractivity contribution in [3.63, 3.8) is 0 Å². The number of nitrogens with one attached hydrogen (secondary N) is 1. The molecule has 1 aromatic heterocycles. The molecule has 0 amide bonds. The molecule has 0 bridgehead atoms. The Bertz CT molecular complexity index is 450. The summed E-state index contributed by atoms with van der Waals surface area (Å²) in [6.07, 6.45) is 0.613. The molecule has 7 heteroatoms. The molecule has 17 heavy (non-hydrogen) atoms. The third-order valence-corrected chi connectivity index (χ3v) is 6.41. The highest BCUT2D eigenvalue weighted by atomic mass is 79.9. The van der Waals surface area contributed by atoms with Crippen molar-refractivity contribution in [2.45, 2.75) is 37.0 Å². The summed E-state index contributed by atoms with van der Waals surface area (Å²) in [4.78, 5) is 0. The van der Waals surface area contributed by atoms with Gasteiger partial charge >= 0.3 is 0 Å². The van der Waals surface area contributed by atoms with Crippen molar-refractivity contribution < 1.29 is 13.5 Å². The standard InChI is InChI=1S/C10H16BrNO3S2/c1-3-8(13)4-5-12-17(14,15)9-6-7(2)10(11)16-9/h6,8,12-13H,3-5H2,1-2H3. The minimum atomic E-state index is -3.44. The van der Waals surface area contributed by atoms with Gasteiger partial charge in [0, 0.05) is 6.54 Å². The van der Waals surface area contributed by atoms with Gasteiger partial charge in [0.2, 0.25) is 10.0 Å². The fourth-order valence-corrected chi connectivity index (χ4v) is 4.52. The van der Waals surface area contributed by atoms with Gasteiger partial charge in [-0.05, 0) is 47.3 Å². The first-order valence-corrected chi connectivity index (χ1v) is 8.39. The van der Waals surface area contributed by atoms with Crippen LogP contribution in [0.15, 0.2) is 14.1 Å². The van der Waals surface area contributed by atoms with Gasteiger partial charge in [0.05, 0.1) is 9.89 Å². The van der Waals surface area contributed by atoms with E-state index in [0.29, 0.717) is 17.1 Å². The van der Waals surface area contributed by atoms with Gasteiger partial charge in [-0.15, -0.1) is 11.3 Å². The molecular weight excluding hydrogens is 326 g/mol. The van der Waals surface area contributed by atoms with Gasteiger partial charge in [-0.1, -0.05) is 6.92 Å². The quantitative estimate of drug-likeness (QED) is 0.833. The Labute approximate surface area is 114 Å². The zero-order valence-corrected chi connectivity index (χ0v) is 13.0. The topological polar surface area (TPSA) is 66.4 Å². The molecule has 0 fully saturated rings. The third-order valence-electron chi connectivity index (χ3n) is 2.34. The monoisotopic (exact) mass is 341 g/mol. The number of halogens is 1. The molecule has 98 valence electrons. The molecule has 1 unspecified atom stereocenters. The van der Waals surface area contributed by atoms with E-state index < -0.39 is 16.1 Å². The molecule has 4 nitrogen and oxygen atoms in total. The summed E-state index contributed by atoms with van der Waals surface area (Å²) in [5.74, 6) is 0. The normalized spacial score (nSPS) is 13.9. The van der Waals surface area contributed by atoms with E-state index in [9.17, 15) is 13.5 Å². The van der Waals surface area contributed by atoms with Crippen molar-refractivity contribution in [1.29, 1.82) is 0 Å². The van der Waals surface area contributed by atoms with Gasteiger partial charge in [0.25, 0.3) is 0 Å². The number of rotatable bonds is 6. The largest absolute Gasteiger partial charge is 0.393 e. The van der Waals surface area contributed by atoms with Crippen molar-refractivity contribution in [2.24, 2.45) is 0 Å². The van der Waals surface area contributed by atoms with Gasteiger partial charge in [-0.25, -0.2) is 13.1 Å². The number of hydrogen-bond acceptors (Lipinski definition) is 4. The van der Waals surface area contributed by atoms with Crippen LogP contribution < -0.4 is 4.72 Å². The van der Waals surface area contributed by atoms with E-state index in [1.165, 1.54) is 11.3 Å². The smallest absolute Gasteiger partial charge is 0.250 e. The van der Waals surface area contributed by atoms with Crippen LogP contribution in [0.2, 0.25) is 0 Å². The van der Waals surface area contributed by atoms with Crippen LogP contribution >= 0.6 is 27.3 Å². The Morgan fingerprint density at radius 2 is 2.24 bits per heavy atom. The molecule has 1 aromatic rings. The summed E-state index contributed by atoms with van der Waals surface area (Å²) < 4.78 is 27.3. The maximum atomic E-state index is 11.9. The molecular formula is C10H16BrNO3S2. The van der Waals surface area contributed by atoms with Crippen molar-refractivity contribution in [3.05, 3.63) is 15.4 Å². The summed E-state index contributed by atoms with van der Waals surface area (Å²) in [7, 11) is -3.44. The van der Waals surface area contributed by atoms with Crippen molar-refractivity contribution in [3.8, 4) is 0 Å². The van der Waals surface area contributed by atoms with Gasteiger partial charge in [-0.3, -0.25) is 0 Å². The van der Waals surface area contributed by atoms with E-state index in [0.717, 1.165) is 9.35 Å². The molecule has 0 spiro atoms. The maximum absolute atomic E-state index is 11.9. The molecule has 0 aromatic carbocycles. The van der Waals surface area contributed by atoms with Crippen LogP contribution in [0.4, 0.5) is 0 Å². The number of hydrogen-bond donors (Lipinski definition) is 2. The van der Waals surface area contributed by atoms with E-state index >= 15 is 0 Å². The summed E-state index contributed by atoms with van der Waals surface area (Å²) >= 11 is 4.49. The summed E-state index contributed by atoms with van der Waals surface area (Å²) in [6, 6.07) is 1.63. The highest BCUT2D eigenvalue weighted by molar-refractivity contribution is 9.11. The minimum absolute atomic E-state index is 0.256. The fraction of sp³-hybridized carbons (Fsp3) is 0.600. The number of thiophene rings is 1. The second-order valence-corrected chi connectivity index (χ2v) is 8.13. The molecule has 1 heterocycles. The average molecular weight is 342 g/mol. The summed E-state index contributed by atoms with van der Waals surface area (Å²) in [5.41, 5.74) is 0.906. The number of aliphatic hydroxyl groups is 1. The van der Waals surface area contributed by atoms with E-state index in [4.69, 9.17) is 0 Å². The molecule has 0 aliphatic rings. The van der Waals surface area contributed by atoms with E-state index in [1.54, 1.807) is 6.07 Å². The maximum Gasteiger partial charge on any atom is 0.250 e. The SMILES string of the molecule is CCC(O)CCNS(=O)(=O)c1cc(C)c(Br)s1. The molecule has 2 N–H and O–H groups in total. The van der Waals surface area contributed by atoms with Crippen LogP contribution in [0, 0.1) is 6.92 Å². The van der Waals surface area contributed by atoms with Crippen LogP contribution in [-0.2, 0) is 10.0 Å². The Morgan fingerprint density at radius 1 is 1.59 bits per heavy atom. The number of sulfonamides is 1. The highest BCUT2D eigenvalue weighted by Crippen LogP contribution is 2.30. The van der Waals surface area contributed by atoms with Crippen LogP contribution in [0.1, 0.15) is 25.3 Å². The molecule has 0 radical (unpaired) electrons. The van der Waals surface area contributed by atoms with Crippen LogP contribution in [0.5, 0.6) is 0 Å². The number of aryl methyl sites for hydroxylation is 1. The predicted molar refractivity (Wildman–Crippen MR) is 72.9 cm³/mol. The second kappa shape index (κ2) is 6.29. The Morgan fingerprint density at radius 3 is 2.71 bits per heavy atom. The molecule has 0 saturated carbocycles. The average Bonchev–Trinajstić information content (AvgIpc) is 2.59. The first-order chi connectivity index (χ1) is 7.86. The number of aliphatic hydroxyl groups excluding tert-OH is 1. The Kier molecular flexibility index (Phi) is 5.59. The lowest BCUT2D eigenvalue weighted by atomic mass is 10.2. The van der Waals surface area contributed by atoms with Crippen LogP contribution in [0.25, 0.3) is 0 Å². The third kappa shape index (κ3) is 4.33. The lowest BCUT2D eigenvalue weighted by molar-refractivity contribution is 0.162. The second-order valence-electron chi connectivity index (χ2n) is 3.77. The Hall–Kier alpha value is 0.0500. The minimum Gasteiger partial charge on any atom is -0.393 e. The zero-order valence-electron chi connectivity index (χ0n) is 9.73. The van der Waals surface area contributed by atoms with Gasteiger partial charge in [-0.2, -0.15) is 0 Å². The first-order valence-electron chi connectivity index (χ1n) is 5.30. The zero-order chi connectivity index (χ0) is 13.1. The molecule has 0 aliphatic carbocycles.